The summed E-state index contributed by atoms with van der Waals surface area (Å²) in [6.07, 6.45) is 1.45. The van der Waals surface area contributed by atoms with E-state index in [1.807, 2.05) is 0 Å². The van der Waals surface area contributed by atoms with Crippen molar-refractivity contribution in [3.05, 3.63) is 68.4 Å². The highest BCUT2D eigenvalue weighted by atomic mass is 35.5. The molecule has 0 amide bonds. The van der Waals surface area contributed by atoms with Gasteiger partial charge >= 0.3 is 0 Å². The van der Waals surface area contributed by atoms with Crippen LogP contribution in [-0.2, 0) is 6.54 Å². The van der Waals surface area contributed by atoms with E-state index in [9.17, 15) is 10.1 Å². The number of rotatable bonds is 4. The molecule has 6 nitrogen and oxygen atoms in total. The molecule has 0 saturated carbocycles. The van der Waals surface area contributed by atoms with E-state index in [1.165, 1.54) is 18.5 Å². The fourth-order valence-corrected chi connectivity index (χ4v) is 2.52. The van der Waals surface area contributed by atoms with Gasteiger partial charge in [-0.1, -0.05) is 29.3 Å². The molecule has 0 aliphatic rings. The normalized spacial score (nSPS) is 10.7. The van der Waals surface area contributed by atoms with Gasteiger partial charge in [0.05, 0.1) is 10.4 Å². The molecule has 1 aromatic heterocycles. The van der Waals surface area contributed by atoms with Crippen molar-refractivity contribution in [3.63, 3.8) is 0 Å². The molecule has 116 valence electrons. The number of halogens is 2. The van der Waals surface area contributed by atoms with Crippen molar-refractivity contribution < 1.29 is 4.92 Å². The molecule has 0 bridgehead atoms. The number of nitro benzene ring substituents is 1. The van der Waals surface area contributed by atoms with E-state index in [0.29, 0.717) is 17.4 Å². The first-order valence-electron chi connectivity index (χ1n) is 6.61. The Hall–Kier alpha value is -2.44. The standard InChI is InChI=1S/C15H10Cl2N4O2/c16-10-2-4-13-11(6-10)15(20-8-19-13)18-7-9-1-3-12(17)14(5-9)21(22)23/h1-6,8H,7H2,(H,18,19,20). The average molecular weight is 349 g/mol. The Kier molecular flexibility index (Phi) is 4.27. The summed E-state index contributed by atoms with van der Waals surface area (Å²) in [5, 5.41) is 15.5. The Morgan fingerprint density at radius 2 is 1.96 bits per heavy atom. The molecular weight excluding hydrogens is 339 g/mol. The van der Waals surface area contributed by atoms with Gasteiger partial charge in [0.2, 0.25) is 0 Å². The lowest BCUT2D eigenvalue weighted by Crippen LogP contribution is -2.03. The highest BCUT2D eigenvalue weighted by molar-refractivity contribution is 6.32. The van der Waals surface area contributed by atoms with Crippen LogP contribution in [0.3, 0.4) is 0 Å². The van der Waals surface area contributed by atoms with Gasteiger partial charge in [0.15, 0.2) is 0 Å². The molecule has 2 aromatic carbocycles. The third kappa shape index (κ3) is 3.33. The number of hydrogen-bond donors (Lipinski definition) is 1. The maximum absolute atomic E-state index is 10.9. The lowest BCUT2D eigenvalue weighted by molar-refractivity contribution is -0.384. The van der Waals surface area contributed by atoms with Crippen LogP contribution in [-0.4, -0.2) is 14.9 Å². The van der Waals surface area contributed by atoms with Crippen molar-refractivity contribution in [1.29, 1.82) is 0 Å². The van der Waals surface area contributed by atoms with Crippen LogP contribution in [0.5, 0.6) is 0 Å². The fourth-order valence-electron chi connectivity index (χ4n) is 2.16. The smallest absolute Gasteiger partial charge is 0.288 e. The van der Waals surface area contributed by atoms with Gasteiger partial charge in [-0.05, 0) is 29.8 Å². The number of nitrogens with one attached hydrogen (secondary N) is 1. The lowest BCUT2D eigenvalue weighted by atomic mass is 10.2. The zero-order valence-electron chi connectivity index (χ0n) is 11.7. The molecule has 1 N–H and O–H groups in total. The maximum atomic E-state index is 10.9. The average Bonchev–Trinajstić information content (AvgIpc) is 2.53. The summed E-state index contributed by atoms with van der Waals surface area (Å²) in [6.45, 7) is 0.358. The van der Waals surface area contributed by atoms with Gasteiger partial charge in [0.1, 0.15) is 17.2 Å². The largest absolute Gasteiger partial charge is 0.365 e. The van der Waals surface area contributed by atoms with E-state index >= 15 is 0 Å². The summed E-state index contributed by atoms with van der Waals surface area (Å²) in [4.78, 5) is 18.8. The molecule has 23 heavy (non-hydrogen) atoms. The SMILES string of the molecule is O=[N+]([O-])c1cc(CNc2ncnc3ccc(Cl)cc23)ccc1Cl. The topological polar surface area (TPSA) is 81.0 Å². The Labute approximate surface area is 141 Å². The van der Waals surface area contributed by atoms with E-state index in [4.69, 9.17) is 23.2 Å². The quantitative estimate of drug-likeness (QED) is 0.556. The first-order chi connectivity index (χ1) is 11.0. The number of anilines is 1. The Balaban J connectivity index is 1.88. The second-order valence-corrected chi connectivity index (χ2v) is 5.62. The Morgan fingerprint density at radius 3 is 2.74 bits per heavy atom. The lowest BCUT2D eigenvalue weighted by Gasteiger charge is -2.09. The van der Waals surface area contributed by atoms with Crippen molar-refractivity contribution in [2.45, 2.75) is 6.54 Å². The number of aromatic nitrogens is 2. The minimum Gasteiger partial charge on any atom is -0.365 e. The van der Waals surface area contributed by atoms with Gasteiger partial charge in [0, 0.05) is 23.0 Å². The van der Waals surface area contributed by atoms with E-state index in [1.54, 1.807) is 24.3 Å². The predicted molar refractivity (Wildman–Crippen MR) is 90.0 cm³/mol. The Bertz CT molecular complexity index is 902. The summed E-state index contributed by atoms with van der Waals surface area (Å²) < 4.78 is 0. The van der Waals surface area contributed by atoms with Gasteiger partial charge < -0.3 is 5.32 Å². The highest BCUT2D eigenvalue weighted by Gasteiger charge is 2.13. The van der Waals surface area contributed by atoms with Gasteiger partial charge in [0.25, 0.3) is 5.69 Å². The zero-order chi connectivity index (χ0) is 16.4. The molecule has 3 rings (SSSR count). The van der Waals surface area contributed by atoms with Crippen molar-refractivity contribution in [2.24, 2.45) is 0 Å². The third-order valence-corrected chi connectivity index (χ3v) is 3.82. The number of hydrogen-bond acceptors (Lipinski definition) is 5. The molecule has 1 heterocycles. The Morgan fingerprint density at radius 1 is 1.13 bits per heavy atom. The summed E-state index contributed by atoms with van der Waals surface area (Å²) in [7, 11) is 0. The molecule has 8 heteroatoms. The van der Waals surface area contributed by atoms with Gasteiger partial charge in [-0.3, -0.25) is 10.1 Å². The third-order valence-electron chi connectivity index (χ3n) is 3.26. The molecular formula is C15H10Cl2N4O2. The highest BCUT2D eigenvalue weighted by Crippen LogP contribution is 2.26. The molecule has 0 spiro atoms. The monoisotopic (exact) mass is 348 g/mol. The van der Waals surface area contributed by atoms with Crippen LogP contribution >= 0.6 is 23.2 Å². The fraction of sp³-hybridized carbons (Fsp3) is 0.0667. The number of benzene rings is 2. The zero-order valence-corrected chi connectivity index (χ0v) is 13.2. The van der Waals surface area contributed by atoms with Gasteiger partial charge in [-0.2, -0.15) is 0 Å². The van der Waals surface area contributed by atoms with E-state index in [-0.39, 0.29) is 10.7 Å². The number of nitrogens with zero attached hydrogens (tertiary/aromatic N) is 3. The molecule has 0 radical (unpaired) electrons. The first kappa shape index (κ1) is 15.5. The van der Waals surface area contributed by atoms with Crippen molar-refractivity contribution in [3.8, 4) is 0 Å². The van der Waals surface area contributed by atoms with Crippen molar-refractivity contribution in [2.75, 3.05) is 5.32 Å². The summed E-state index contributed by atoms with van der Waals surface area (Å²) in [5.74, 6) is 0.607. The number of fused-ring (bicyclic) bond motifs is 1. The molecule has 0 saturated heterocycles. The van der Waals surface area contributed by atoms with E-state index < -0.39 is 4.92 Å². The van der Waals surface area contributed by atoms with Crippen LogP contribution in [0.1, 0.15) is 5.56 Å². The van der Waals surface area contributed by atoms with Crippen LogP contribution in [0.4, 0.5) is 11.5 Å². The first-order valence-corrected chi connectivity index (χ1v) is 7.37. The van der Waals surface area contributed by atoms with Crippen LogP contribution in [0.25, 0.3) is 10.9 Å². The van der Waals surface area contributed by atoms with Crippen LogP contribution < -0.4 is 5.32 Å². The second kappa shape index (κ2) is 6.36. The minimum absolute atomic E-state index is 0.109. The van der Waals surface area contributed by atoms with Gasteiger partial charge in [-0.15, -0.1) is 0 Å². The second-order valence-electron chi connectivity index (χ2n) is 4.78. The molecule has 0 aliphatic carbocycles. The van der Waals surface area contributed by atoms with Crippen LogP contribution in [0.2, 0.25) is 10.0 Å². The van der Waals surface area contributed by atoms with Crippen molar-refractivity contribution >= 4 is 45.6 Å². The molecule has 0 atom stereocenters. The summed E-state index contributed by atoms with van der Waals surface area (Å²) in [6, 6.07) is 9.99. The van der Waals surface area contributed by atoms with Crippen LogP contribution in [0.15, 0.2) is 42.7 Å². The number of nitro groups is 1. The van der Waals surface area contributed by atoms with Crippen LogP contribution in [0, 0.1) is 10.1 Å². The maximum Gasteiger partial charge on any atom is 0.288 e. The summed E-state index contributed by atoms with van der Waals surface area (Å²) >= 11 is 11.8. The van der Waals surface area contributed by atoms with E-state index in [2.05, 4.69) is 15.3 Å². The van der Waals surface area contributed by atoms with Crippen molar-refractivity contribution in [1.82, 2.24) is 9.97 Å². The van der Waals surface area contributed by atoms with Gasteiger partial charge in [-0.25, -0.2) is 9.97 Å². The molecule has 0 fully saturated rings. The predicted octanol–water partition coefficient (Wildman–Crippen LogP) is 4.46. The molecule has 0 aliphatic heterocycles. The summed E-state index contributed by atoms with van der Waals surface area (Å²) in [5.41, 5.74) is 1.35. The minimum atomic E-state index is -0.508. The molecule has 3 aromatic rings. The van der Waals surface area contributed by atoms with E-state index in [0.717, 1.165) is 16.5 Å². The molecule has 0 unspecified atom stereocenters.